The molecule has 1 nitrogen and oxygen atoms in total. The van der Waals surface area contributed by atoms with Crippen molar-refractivity contribution in [1.82, 2.24) is 5.32 Å². The van der Waals surface area contributed by atoms with Gasteiger partial charge in [0.2, 0.25) is 0 Å². The summed E-state index contributed by atoms with van der Waals surface area (Å²) in [6, 6.07) is 0. The maximum Gasteiger partial charge on any atom is 0.401 e. The Hall–Kier alpha value is 0.0400. The predicted molar refractivity (Wildman–Crippen MR) is 36.5 cm³/mol. The van der Waals surface area contributed by atoms with Crippen molar-refractivity contribution in [3.8, 4) is 0 Å². The van der Waals surface area contributed by atoms with Crippen molar-refractivity contribution in [3.63, 3.8) is 0 Å². The molecule has 5 heteroatoms. The van der Waals surface area contributed by atoms with Crippen LogP contribution in [0.3, 0.4) is 0 Å². The third-order valence-electron chi connectivity index (χ3n) is 0.752. The molecule has 0 bridgehead atoms. The highest BCUT2D eigenvalue weighted by Gasteiger charge is 2.25. The summed E-state index contributed by atoms with van der Waals surface area (Å²) in [6.07, 6.45) is -3.33. The molecule has 0 unspecified atom stereocenters. The van der Waals surface area contributed by atoms with Crippen molar-refractivity contribution in [1.29, 1.82) is 0 Å². The fraction of sp³-hybridized carbons (Fsp3) is 1.00. The van der Waals surface area contributed by atoms with Crippen molar-refractivity contribution in [2.45, 2.75) is 19.5 Å². The summed E-state index contributed by atoms with van der Waals surface area (Å²) in [7, 11) is 0. The maximum atomic E-state index is 11.3. The molecule has 0 aliphatic heterocycles. The first-order valence-electron chi connectivity index (χ1n) is 2.83. The van der Waals surface area contributed by atoms with Gasteiger partial charge < -0.3 is 5.32 Å². The van der Waals surface area contributed by atoms with Crippen LogP contribution >= 0.6 is 12.4 Å². The molecule has 0 atom stereocenters. The summed E-state index contributed by atoms with van der Waals surface area (Å²) in [5.74, 6) is 0. The topological polar surface area (TPSA) is 12.0 Å². The first-order valence-corrected chi connectivity index (χ1v) is 2.83. The van der Waals surface area contributed by atoms with E-state index in [9.17, 15) is 13.2 Å². The van der Waals surface area contributed by atoms with Crippen LogP contribution in [0.25, 0.3) is 0 Å². The Morgan fingerprint density at radius 1 is 1.30 bits per heavy atom. The normalized spacial score (nSPS) is 10.8. The second kappa shape index (κ2) is 5.80. The molecule has 0 fully saturated rings. The average molecular weight is 178 g/mol. The summed E-state index contributed by atoms with van der Waals surface area (Å²) in [4.78, 5) is 0. The Balaban J connectivity index is 0. The summed E-state index contributed by atoms with van der Waals surface area (Å²) in [6.45, 7) is 1.38. The van der Waals surface area contributed by atoms with E-state index in [1.807, 2.05) is 6.92 Å². The average Bonchev–Trinajstić information content (AvgIpc) is 1.63. The highest BCUT2D eigenvalue weighted by Crippen LogP contribution is 2.11. The largest absolute Gasteiger partial charge is 0.401 e. The van der Waals surface area contributed by atoms with Gasteiger partial charge in [0.1, 0.15) is 0 Å². The highest BCUT2D eigenvalue weighted by atomic mass is 35.5. The number of hydrogen-bond donors (Lipinski definition) is 1. The van der Waals surface area contributed by atoms with Crippen LogP contribution in [0, 0.1) is 0 Å². The summed E-state index contributed by atoms with van der Waals surface area (Å²) in [5.41, 5.74) is 0. The van der Waals surface area contributed by atoms with Gasteiger partial charge in [0.05, 0.1) is 6.54 Å². The maximum absolute atomic E-state index is 11.3. The zero-order chi connectivity index (χ0) is 7.33. The lowest BCUT2D eigenvalue weighted by molar-refractivity contribution is -0.124. The van der Waals surface area contributed by atoms with E-state index in [-0.39, 0.29) is 12.4 Å². The van der Waals surface area contributed by atoms with E-state index in [4.69, 9.17) is 0 Å². The van der Waals surface area contributed by atoms with Crippen LogP contribution in [0.5, 0.6) is 0 Å². The van der Waals surface area contributed by atoms with Gasteiger partial charge in [0.15, 0.2) is 0 Å². The van der Waals surface area contributed by atoms with Gasteiger partial charge in [0, 0.05) is 0 Å². The molecule has 0 rings (SSSR count). The molecule has 0 saturated carbocycles. The van der Waals surface area contributed by atoms with Gasteiger partial charge >= 0.3 is 6.18 Å². The minimum Gasteiger partial charge on any atom is -0.309 e. The van der Waals surface area contributed by atoms with Gasteiger partial charge in [0.25, 0.3) is 0 Å². The minimum atomic E-state index is -4.06. The molecule has 0 spiro atoms. The second-order valence-electron chi connectivity index (χ2n) is 1.79. The lowest BCUT2D eigenvalue weighted by Gasteiger charge is -2.05. The SMILES string of the molecule is CCCNCC(F)(F)F.Cl. The molecule has 0 saturated heterocycles. The van der Waals surface area contributed by atoms with Crippen LogP contribution in [0.1, 0.15) is 13.3 Å². The number of rotatable bonds is 3. The second-order valence-corrected chi connectivity index (χ2v) is 1.79. The Labute approximate surface area is 64.4 Å². The van der Waals surface area contributed by atoms with E-state index in [1.54, 1.807) is 0 Å². The van der Waals surface area contributed by atoms with Crippen LogP contribution in [0.15, 0.2) is 0 Å². The molecule has 64 valence electrons. The molecular formula is C5H11ClF3N. The third kappa shape index (κ3) is 10.9. The molecule has 10 heavy (non-hydrogen) atoms. The van der Waals surface area contributed by atoms with Gasteiger partial charge in [-0.3, -0.25) is 0 Å². The molecule has 0 aliphatic rings. The molecule has 0 aromatic carbocycles. The Kier molecular flexibility index (Phi) is 7.36. The molecule has 0 aromatic heterocycles. The van der Waals surface area contributed by atoms with E-state index in [0.717, 1.165) is 6.42 Å². The number of nitrogens with one attached hydrogen (secondary N) is 1. The Morgan fingerprint density at radius 3 is 2.10 bits per heavy atom. The minimum absolute atomic E-state index is 0. The molecule has 0 radical (unpaired) electrons. The summed E-state index contributed by atoms with van der Waals surface area (Å²) in [5, 5.41) is 2.25. The van der Waals surface area contributed by atoms with Gasteiger partial charge in [-0.1, -0.05) is 6.92 Å². The lowest BCUT2D eigenvalue weighted by Crippen LogP contribution is -2.29. The molecule has 0 aromatic rings. The van der Waals surface area contributed by atoms with E-state index in [0.29, 0.717) is 6.54 Å². The molecule has 0 aliphatic carbocycles. The van der Waals surface area contributed by atoms with Crippen LogP contribution < -0.4 is 5.32 Å². The van der Waals surface area contributed by atoms with Crippen LogP contribution in [0.2, 0.25) is 0 Å². The number of alkyl halides is 3. The van der Waals surface area contributed by atoms with E-state index >= 15 is 0 Å². The smallest absolute Gasteiger partial charge is 0.309 e. The van der Waals surface area contributed by atoms with Gasteiger partial charge in [-0.2, -0.15) is 13.2 Å². The van der Waals surface area contributed by atoms with E-state index in [2.05, 4.69) is 5.32 Å². The van der Waals surface area contributed by atoms with Crippen molar-refractivity contribution < 1.29 is 13.2 Å². The van der Waals surface area contributed by atoms with Gasteiger partial charge in [-0.15, -0.1) is 12.4 Å². The molecular weight excluding hydrogens is 167 g/mol. The Morgan fingerprint density at radius 2 is 1.80 bits per heavy atom. The monoisotopic (exact) mass is 177 g/mol. The molecule has 0 heterocycles. The van der Waals surface area contributed by atoms with Gasteiger partial charge in [-0.25, -0.2) is 0 Å². The molecule has 0 amide bonds. The van der Waals surface area contributed by atoms with Crippen LogP contribution in [-0.2, 0) is 0 Å². The quantitative estimate of drug-likeness (QED) is 0.650. The first kappa shape index (κ1) is 12.7. The fourth-order valence-corrected chi connectivity index (χ4v) is 0.407. The standard InChI is InChI=1S/C5H10F3N.ClH/c1-2-3-9-4-5(6,7)8;/h9H,2-4H2,1H3;1H. The Bertz CT molecular complexity index is 73.8. The molecule has 1 N–H and O–H groups in total. The van der Waals surface area contributed by atoms with Crippen LogP contribution in [-0.4, -0.2) is 19.3 Å². The fourth-order valence-electron chi connectivity index (χ4n) is 0.407. The summed E-state index contributed by atoms with van der Waals surface area (Å²) >= 11 is 0. The van der Waals surface area contributed by atoms with Crippen molar-refractivity contribution >= 4 is 12.4 Å². The zero-order valence-corrected chi connectivity index (χ0v) is 6.48. The van der Waals surface area contributed by atoms with Crippen molar-refractivity contribution in [2.75, 3.05) is 13.1 Å². The van der Waals surface area contributed by atoms with Crippen molar-refractivity contribution in [3.05, 3.63) is 0 Å². The van der Waals surface area contributed by atoms with E-state index < -0.39 is 12.7 Å². The van der Waals surface area contributed by atoms with E-state index in [1.165, 1.54) is 0 Å². The zero-order valence-electron chi connectivity index (χ0n) is 5.66. The van der Waals surface area contributed by atoms with Crippen LogP contribution in [0.4, 0.5) is 13.2 Å². The predicted octanol–water partition coefficient (Wildman–Crippen LogP) is 1.97. The highest BCUT2D eigenvalue weighted by molar-refractivity contribution is 5.85. The first-order chi connectivity index (χ1) is 4.06. The van der Waals surface area contributed by atoms with Gasteiger partial charge in [-0.05, 0) is 13.0 Å². The van der Waals surface area contributed by atoms with Crippen molar-refractivity contribution in [2.24, 2.45) is 0 Å². The number of halogens is 4. The number of hydrogen-bond acceptors (Lipinski definition) is 1. The lowest BCUT2D eigenvalue weighted by atomic mass is 10.5. The third-order valence-corrected chi connectivity index (χ3v) is 0.752. The summed E-state index contributed by atoms with van der Waals surface area (Å²) < 4.78 is 33.9.